The molecule has 0 saturated carbocycles. The second-order valence-electron chi connectivity index (χ2n) is 6.86. The maximum absolute atomic E-state index is 12.1. The number of carbonyl (C=O) groups excluding carboxylic acids is 1. The predicted molar refractivity (Wildman–Crippen MR) is 79.0 cm³/mol. The standard InChI is InChI=1S/C15H22N4O2/c1-15(2,3)21-14(20)19-9-11-7-18(8-12(11)10-19)13-16-5-4-6-17-13/h4-6,11-12H,7-10H2,1-3H3/t11-,12+. The molecule has 0 aliphatic carbocycles. The Kier molecular flexibility index (Phi) is 3.47. The normalized spacial score (nSPS) is 25.1. The second kappa shape index (κ2) is 5.16. The molecule has 2 aliphatic heterocycles. The van der Waals surface area contributed by atoms with E-state index in [-0.39, 0.29) is 6.09 Å². The summed E-state index contributed by atoms with van der Waals surface area (Å²) in [6, 6.07) is 1.82. The summed E-state index contributed by atoms with van der Waals surface area (Å²) in [5.41, 5.74) is -0.432. The van der Waals surface area contributed by atoms with Crippen LogP contribution in [0.1, 0.15) is 20.8 Å². The van der Waals surface area contributed by atoms with Crippen LogP contribution in [-0.2, 0) is 4.74 Å². The number of rotatable bonds is 1. The van der Waals surface area contributed by atoms with Crippen LogP contribution in [0.3, 0.4) is 0 Å². The van der Waals surface area contributed by atoms with E-state index in [4.69, 9.17) is 4.74 Å². The Morgan fingerprint density at radius 3 is 2.24 bits per heavy atom. The lowest BCUT2D eigenvalue weighted by Crippen LogP contribution is -2.37. The van der Waals surface area contributed by atoms with Gasteiger partial charge in [0.15, 0.2) is 0 Å². The number of amides is 1. The summed E-state index contributed by atoms with van der Waals surface area (Å²) in [6.45, 7) is 9.05. The number of hydrogen-bond donors (Lipinski definition) is 0. The third-order valence-electron chi connectivity index (χ3n) is 3.97. The van der Waals surface area contributed by atoms with Gasteiger partial charge in [-0.1, -0.05) is 0 Å². The third-order valence-corrected chi connectivity index (χ3v) is 3.97. The first kappa shape index (κ1) is 14.1. The van der Waals surface area contributed by atoms with Crippen molar-refractivity contribution < 1.29 is 9.53 Å². The summed E-state index contributed by atoms with van der Waals surface area (Å²) in [4.78, 5) is 24.8. The molecule has 6 nitrogen and oxygen atoms in total. The van der Waals surface area contributed by atoms with Gasteiger partial charge in [-0.2, -0.15) is 0 Å². The van der Waals surface area contributed by atoms with Crippen molar-refractivity contribution >= 4 is 12.0 Å². The van der Waals surface area contributed by atoms with Crippen LogP contribution < -0.4 is 4.90 Å². The molecule has 1 aromatic heterocycles. The van der Waals surface area contributed by atoms with Gasteiger partial charge in [-0.05, 0) is 26.8 Å². The zero-order chi connectivity index (χ0) is 15.0. The van der Waals surface area contributed by atoms with Gasteiger partial charge in [-0.15, -0.1) is 0 Å². The minimum Gasteiger partial charge on any atom is -0.444 e. The highest BCUT2D eigenvalue weighted by Crippen LogP contribution is 2.33. The monoisotopic (exact) mass is 290 g/mol. The SMILES string of the molecule is CC(C)(C)OC(=O)N1C[C@@H]2CN(c3ncccn3)C[C@@H]2C1. The Morgan fingerprint density at radius 1 is 1.14 bits per heavy atom. The topological polar surface area (TPSA) is 58.6 Å². The molecule has 3 rings (SSSR count). The van der Waals surface area contributed by atoms with Gasteiger partial charge in [0.25, 0.3) is 0 Å². The maximum Gasteiger partial charge on any atom is 0.410 e. The summed E-state index contributed by atoms with van der Waals surface area (Å²) in [5, 5.41) is 0. The van der Waals surface area contributed by atoms with Crippen molar-refractivity contribution in [2.45, 2.75) is 26.4 Å². The molecule has 0 spiro atoms. The molecule has 1 aromatic rings. The lowest BCUT2D eigenvalue weighted by atomic mass is 10.0. The van der Waals surface area contributed by atoms with Crippen LogP contribution in [0.15, 0.2) is 18.5 Å². The molecule has 0 N–H and O–H groups in total. The largest absolute Gasteiger partial charge is 0.444 e. The molecule has 2 fully saturated rings. The molecular formula is C15H22N4O2. The second-order valence-corrected chi connectivity index (χ2v) is 6.86. The number of aromatic nitrogens is 2. The summed E-state index contributed by atoms with van der Waals surface area (Å²) in [7, 11) is 0. The smallest absolute Gasteiger partial charge is 0.410 e. The van der Waals surface area contributed by atoms with E-state index in [9.17, 15) is 4.79 Å². The summed E-state index contributed by atoms with van der Waals surface area (Å²) < 4.78 is 5.45. The van der Waals surface area contributed by atoms with Crippen LogP contribution in [-0.4, -0.2) is 52.7 Å². The molecule has 1 amide bonds. The van der Waals surface area contributed by atoms with Crippen molar-refractivity contribution in [2.24, 2.45) is 11.8 Å². The average molecular weight is 290 g/mol. The Morgan fingerprint density at radius 2 is 1.71 bits per heavy atom. The summed E-state index contributed by atoms with van der Waals surface area (Å²) in [5.74, 6) is 1.76. The molecule has 114 valence electrons. The highest BCUT2D eigenvalue weighted by molar-refractivity contribution is 5.68. The number of hydrogen-bond acceptors (Lipinski definition) is 5. The van der Waals surface area contributed by atoms with Crippen LogP contribution in [0.2, 0.25) is 0 Å². The van der Waals surface area contributed by atoms with Gasteiger partial charge in [0.1, 0.15) is 5.60 Å². The van der Waals surface area contributed by atoms with Crippen molar-refractivity contribution in [3.63, 3.8) is 0 Å². The van der Waals surface area contributed by atoms with E-state index in [0.29, 0.717) is 11.8 Å². The number of ether oxygens (including phenoxy) is 1. The molecule has 2 atom stereocenters. The van der Waals surface area contributed by atoms with E-state index in [0.717, 1.165) is 32.1 Å². The van der Waals surface area contributed by atoms with Crippen LogP contribution in [0.5, 0.6) is 0 Å². The lowest BCUT2D eigenvalue weighted by Gasteiger charge is -2.26. The lowest BCUT2D eigenvalue weighted by molar-refractivity contribution is 0.0282. The zero-order valence-corrected chi connectivity index (χ0v) is 12.8. The van der Waals surface area contributed by atoms with Gasteiger partial charge in [0.2, 0.25) is 5.95 Å². The number of fused-ring (bicyclic) bond motifs is 1. The first-order chi connectivity index (χ1) is 9.92. The molecule has 2 saturated heterocycles. The fourth-order valence-electron chi connectivity index (χ4n) is 3.09. The van der Waals surface area contributed by atoms with Gasteiger partial charge < -0.3 is 14.5 Å². The van der Waals surface area contributed by atoms with Gasteiger partial charge in [-0.3, -0.25) is 0 Å². The van der Waals surface area contributed by atoms with E-state index in [2.05, 4.69) is 14.9 Å². The Bertz CT molecular complexity index is 500. The van der Waals surface area contributed by atoms with E-state index < -0.39 is 5.60 Å². The minimum atomic E-state index is -0.432. The van der Waals surface area contributed by atoms with Gasteiger partial charge >= 0.3 is 6.09 Å². The average Bonchev–Trinajstić information content (AvgIpc) is 2.95. The van der Waals surface area contributed by atoms with Crippen LogP contribution in [0.4, 0.5) is 10.7 Å². The molecule has 0 aromatic carbocycles. The van der Waals surface area contributed by atoms with E-state index >= 15 is 0 Å². The molecule has 3 heterocycles. The van der Waals surface area contributed by atoms with E-state index in [1.807, 2.05) is 31.7 Å². The third kappa shape index (κ3) is 3.09. The van der Waals surface area contributed by atoms with Crippen molar-refractivity contribution in [1.82, 2.24) is 14.9 Å². The molecule has 2 aliphatic rings. The van der Waals surface area contributed by atoms with Crippen molar-refractivity contribution in [3.8, 4) is 0 Å². The maximum atomic E-state index is 12.1. The summed E-state index contributed by atoms with van der Waals surface area (Å²) in [6.07, 6.45) is 3.34. The van der Waals surface area contributed by atoms with Gasteiger partial charge in [0, 0.05) is 50.4 Å². The molecule has 6 heteroatoms. The first-order valence-electron chi connectivity index (χ1n) is 7.42. The van der Waals surface area contributed by atoms with Crippen LogP contribution in [0.25, 0.3) is 0 Å². The Hall–Kier alpha value is -1.85. The van der Waals surface area contributed by atoms with Gasteiger partial charge in [0.05, 0.1) is 0 Å². The minimum absolute atomic E-state index is 0.195. The predicted octanol–water partition coefficient (Wildman–Crippen LogP) is 1.78. The molecular weight excluding hydrogens is 268 g/mol. The zero-order valence-electron chi connectivity index (χ0n) is 12.8. The Balaban J connectivity index is 1.58. The number of anilines is 1. The van der Waals surface area contributed by atoms with Crippen LogP contribution in [0, 0.1) is 11.8 Å². The van der Waals surface area contributed by atoms with Crippen molar-refractivity contribution in [3.05, 3.63) is 18.5 Å². The first-order valence-corrected chi connectivity index (χ1v) is 7.42. The number of likely N-dealkylation sites (tertiary alicyclic amines) is 1. The fraction of sp³-hybridized carbons (Fsp3) is 0.667. The van der Waals surface area contributed by atoms with Crippen LogP contribution >= 0.6 is 0 Å². The highest BCUT2D eigenvalue weighted by Gasteiger charge is 2.43. The highest BCUT2D eigenvalue weighted by atomic mass is 16.6. The van der Waals surface area contributed by atoms with Crippen molar-refractivity contribution in [2.75, 3.05) is 31.1 Å². The number of nitrogens with zero attached hydrogens (tertiary/aromatic N) is 4. The molecule has 21 heavy (non-hydrogen) atoms. The van der Waals surface area contributed by atoms with Crippen molar-refractivity contribution in [1.29, 1.82) is 0 Å². The van der Waals surface area contributed by atoms with E-state index in [1.165, 1.54) is 0 Å². The molecule has 0 bridgehead atoms. The molecule has 0 unspecified atom stereocenters. The number of carbonyl (C=O) groups is 1. The quantitative estimate of drug-likeness (QED) is 0.789. The van der Waals surface area contributed by atoms with Gasteiger partial charge in [-0.25, -0.2) is 14.8 Å². The summed E-state index contributed by atoms with van der Waals surface area (Å²) >= 11 is 0. The fourth-order valence-corrected chi connectivity index (χ4v) is 3.09. The molecule has 0 radical (unpaired) electrons. The Labute approximate surface area is 125 Å². The van der Waals surface area contributed by atoms with E-state index in [1.54, 1.807) is 12.4 Å².